The molecular weight excluding hydrogens is 348 g/mol. The zero-order chi connectivity index (χ0) is 17.9. The Bertz CT molecular complexity index is 773. The molecule has 0 bridgehead atoms. The predicted octanol–water partition coefficient (Wildman–Crippen LogP) is 3.83. The van der Waals surface area contributed by atoms with Crippen molar-refractivity contribution in [3.63, 3.8) is 0 Å². The number of benzene rings is 2. The monoisotopic (exact) mass is 372 g/mol. The summed E-state index contributed by atoms with van der Waals surface area (Å²) in [7, 11) is 0. The standard InChI is InChI=1S/C21H25ClN2O2/c1-16-4-2-3-5-17(16)12-23-6-8-24(9-7-23)13-18-10-20(22)11-19-14-25-15-26-21(18)19/h2-5,10-11H,6-9,12-15H2,1H3. The summed E-state index contributed by atoms with van der Waals surface area (Å²) in [6, 6.07) is 12.6. The van der Waals surface area contributed by atoms with Crippen molar-refractivity contribution in [3.8, 4) is 5.75 Å². The fourth-order valence-electron chi connectivity index (χ4n) is 3.75. The number of fused-ring (bicyclic) bond motifs is 1. The summed E-state index contributed by atoms with van der Waals surface area (Å²) in [5.74, 6) is 0.961. The molecule has 0 spiro atoms. The first-order valence-corrected chi connectivity index (χ1v) is 9.58. The lowest BCUT2D eigenvalue weighted by Gasteiger charge is -2.35. The van der Waals surface area contributed by atoms with Crippen molar-refractivity contribution in [2.45, 2.75) is 26.6 Å². The minimum Gasteiger partial charge on any atom is -0.467 e. The molecule has 0 N–H and O–H groups in total. The molecule has 1 saturated heterocycles. The zero-order valence-corrected chi connectivity index (χ0v) is 16.0. The Morgan fingerprint density at radius 1 is 0.962 bits per heavy atom. The van der Waals surface area contributed by atoms with E-state index >= 15 is 0 Å². The molecule has 2 aromatic carbocycles. The van der Waals surface area contributed by atoms with Gasteiger partial charge in [0.1, 0.15) is 5.75 Å². The van der Waals surface area contributed by atoms with Crippen molar-refractivity contribution >= 4 is 11.6 Å². The smallest absolute Gasteiger partial charge is 0.189 e. The average molecular weight is 373 g/mol. The first kappa shape index (κ1) is 17.8. The van der Waals surface area contributed by atoms with E-state index in [1.165, 1.54) is 16.7 Å². The van der Waals surface area contributed by atoms with Crippen molar-refractivity contribution in [2.75, 3.05) is 33.0 Å². The van der Waals surface area contributed by atoms with E-state index in [2.05, 4.69) is 41.0 Å². The van der Waals surface area contributed by atoms with Crippen molar-refractivity contribution in [1.82, 2.24) is 9.80 Å². The lowest BCUT2D eigenvalue weighted by Crippen LogP contribution is -2.45. The van der Waals surface area contributed by atoms with Gasteiger partial charge < -0.3 is 9.47 Å². The molecule has 0 saturated carbocycles. The van der Waals surface area contributed by atoms with E-state index in [9.17, 15) is 0 Å². The number of rotatable bonds is 4. The number of aryl methyl sites for hydroxylation is 1. The molecule has 0 atom stereocenters. The van der Waals surface area contributed by atoms with Crippen LogP contribution in [0.5, 0.6) is 5.75 Å². The van der Waals surface area contributed by atoms with Crippen molar-refractivity contribution in [3.05, 3.63) is 63.7 Å². The van der Waals surface area contributed by atoms with E-state index in [0.717, 1.165) is 55.6 Å². The van der Waals surface area contributed by atoms with Gasteiger partial charge in [-0.25, -0.2) is 0 Å². The molecule has 26 heavy (non-hydrogen) atoms. The number of hydrogen-bond acceptors (Lipinski definition) is 4. The predicted molar refractivity (Wildman–Crippen MR) is 103 cm³/mol. The molecule has 2 aliphatic rings. The van der Waals surface area contributed by atoms with E-state index in [1.54, 1.807) is 0 Å². The van der Waals surface area contributed by atoms with Gasteiger partial charge in [-0.2, -0.15) is 0 Å². The van der Waals surface area contributed by atoms with Gasteiger partial charge in [0, 0.05) is 55.4 Å². The quantitative estimate of drug-likeness (QED) is 0.814. The highest BCUT2D eigenvalue weighted by Crippen LogP contribution is 2.32. The van der Waals surface area contributed by atoms with Crippen molar-refractivity contribution in [1.29, 1.82) is 0 Å². The third-order valence-electron chi connectivity index (χ3n) is 5.27. The summed E-state index contributed by atoms with van der Waals surface area (Å²) in [6.07, 6.45) is 0. The van der Waals surface area contributed by atoms with Gasteiger partial charge in [-0.3, -0.25) is 9.80 Å². The summed E-state index contributed by atoms with van der Waals surface area (Å²) in [4.78, 5) is 5.02. The van der Waals surface area contributed by atoms with Crippen LogP contribution in [0.25, 0.3) is 0 Å². The van der Waals surface area contributed by atoms with Crippen LogP contribution in [-0.2, 0) is 24.4 Å². The molecule has 4 nitrogen and oxygen atoms in total. The second-order valence-corrected chi connectivity index (χ2v) is 7.58. The SMILES string of the molecule is Cc1ccccc1CN1CCN(Cc2cc(Cl)cc3c2OCOC3)CC1. The highest BCUT2D eigenvalue weighted by atomic mass is 35.5. The lowest BCUT2D eigenvalue weighted by atomic mass is 10.1. The van der Waals surface area contributed by atoms with Crippen molar-refractivity contribution in [2.24, 2.45) is 0 Å². The van der Waals surface area contributed by atoms with Crippen LogP contribution in [-0.4, -0.2) is 42.8 Å². The van der Waals surface area contributed by atoms with Gasteiger partial charge in [-0.05, 0) is 30.2 Å². The van der Waals surface area contributed by atoms with Crippen LogP contribution >= 0.6 is 11.6 Å². The largest absolute Gasteiger partial charge is 0.467 e. The number of nitrogens with zero attached hydrogens (tertiary/aromatic N) is 2. The van der Waals surface area contributed by atoms with E-state index in [0.29, 0.717) is 13.4 Å². The Labute approximate surface area is 160 Å². The summed E-state index contributed by atoms with van der Waals surface area (Å²) in [5, 5.41) is 0.756. The number of halogens is 1. The molecular formula is C21H25ClN2O2. The van der Waals surface area contributed by atoms with Gasteiger partial charge in [0.05, 0.1) is 6.61 Å². The molecule has 0 amide bonds. The van der Waals surface area contributed by atoms with Crippen LogP contribution in [0.15, 0.2) is 36.4 Å². The minimum atomic E-state index is 0.325. The number of hydrogen-bond donors (Lipinski definition) is 0. The summed E-state index contributed by atoms with van der Waals surface area (Å²) >= 11 is 6.29. The van der Waals surface area contributed by atoms with Crippen LogP contribution in [0.3, 0.4) is 0 Å². The Hall–Kier alpha value is -1.59. The second kappa shape index (κ2) is 7.97. The Morgan fingerprint density at radius 2 is 1.65 bits per heavy atom. The summed E-state index contributed by atoms with van der Waals surface area (Å²) in [6.45, 7) is 9.29. The third kappa shape index (κ3) is 4.04. The molecule has 0 unspecified atom stereocenters. The van der Waals surface area contributed by atoms with Crippen LogP contribution in [0, 0.1) is 6.92 Å². The Balaban J connectivity index is 1.37. The van der Waals surface area contributed by atoms with Gasteiger partial charge in [0.2, 0.25) is 0 Å². The van der Waals surface area contributed by atoms with E-state index in [1.807, 2.05) is 12.1 Å². The molecule has 0 aromatic heterocycles. The zero-order valence-electron chi connectivity index (χ0n) is 15.2. The highest BCUT2D eigenvalue weighted by molar-refractivity contribution is 6.30. The van der Waals surface area contributed by atoms with Crippen LogP contribution in [0.4, 0.5) is 0 Å². The summed E-state index contributed by atoms with van der Waals surface area (Å²) in [5.41, 5.74) is 5.03. The van der Waals surface area contributed by atoms with Gasteiger partial charge in [0.15, 0.2) is 6.79 Å². The maximum Gasteiger partial charge on any atom is 0.189 e. The molecule has 5 heteroatoms. The lowest BCUT2D eigenvalue weighted by molar-refractivity contribution is -0.0176. The first-order valence-electron chi connectivity index (χ1n) is 9.20. The topological polar surface area (TPSA) is 24.9 Å². The second-order valence-electron chi connectivity index (χ2n) is 7.14. The molecule has 2 heterocycles. The first-order chi connectivity index (χ1) is 12.7. The molecule has 1 fully saturated rings. The fourth-order valence-corrected chi connectivity index (χ4v) is 4.01. The van der Waals surface area contributed by atoms with Crippen LogP contribution < -0.4 is 4.74 Å². The van der Waals surface area contributed by atoms with Gasteiger partial charge in [-0.15, -0.1) is 0 Å². The molecule has 2 aromatic rings. The van der Waals surface area contributed by atoms with Gasteiger partial charge in [-0.1, -0.05) is 35.9 Å². The highest BCUT2D eigenvalue weighted by Gasteiger charge is 2.21. The molecule has 138 valence electrons. The van der Waals surface area contributed by atoms with Crippen LogP contribution in [0.1, 0.15) is 22.3 Å². The molecule has 2 aliphatic heterocycles. The maximum atomic E-state index is 6.29. The van der Waals surface area contributed by atoms with E-state index < -0.39 is 0 Å². The summed E-state index contributed by atoms with van der Waals surface area (Å²) < 4.78 is 11.1. The number of ether oxygens (including phenoxy) is 2. The third-order valence-corrected chi connectivity index (χ3v) is 5.48. The molecule has 0 aliphatic carbocycles. The normalized spacial score (nSPS) is 18.4. The Kier molecular flexibility index (Phi) is 5.46. The van der Waals surface area contributed by atoms with Gasteiger partial charge >= 0.3 is 0 Å². The van der Waals surface area contributed by atoms with Crippen molar-refractivity contribution < 1.29 is 9.47 Å². The van der Waals surface area contributed by atoms with E-state index in [-0.39, 0.29) is 0 Å². The van der Waals surface area contributed by atoms with E-state index in [4.69, 9.17) is 21.1 Å². The Morgan fingerprint density at radius 3 is 2.38 bits per heavy atom. The molecule has 0 radical (unpaired) electrons. The number of piperazine rings is 1. The average Bonchev–Trinajstić information content (AvgIpc) is 2.65. The minimum absolute atomic E-state index is 0.325. The molecule has 4 rings (SSSR count). The van der Waals surface area contributed by atoms with Crippen LogP contribution in [0.2, 0.25) is 5.02 Å². The fraction of sp³-hybridized carbons (Fsp3) is 0.429. The maximum absolute atomic E-state index is 6.29. The van der Waals surface area contributed by atoms with Gasteiger partial charge in [0.25, 0.3) is 0 Å².